The van der Waals surface area contributed by atoms with Crippen molar-refractivity contribution in [1.29, 1.82) is 0 Å². The van der Waals surface area contributed by atoms with Crippen LogP contribution < -0.4 is 5.32 Å². The second-order valence-electron chi connectivity index (χ2n) is 6.96. The van der Waals surface area contributed by atoms with Gasteiger partial charge in [-0.3, -0.25) is 14.4 Å². The van der Waals surface area contributed by atoms with Gasteiger partial charge in [-0.05, 0) is 23.6 Å². The average Bonchev–Trinajstić information content (AvgIpc) is 3.09. The molecule has 1 N–H and O–H groups in total. The van der Waals surface area contributed by atoms with E-state index in [4.69, 9.17) is 16.3 Å². The monoisotopic (exact) mass is 414 g/mol. The molecule has 0 aliphatic carbocycles. The lowest BCUT2D eigenvalue weighted by Gasteiger charge is -2.17. The van der Waals surface area contributed by atoms with Crippen molar-refractivity contribution < 1.29 is 19.1 Å². The van der Waals surface area contributed by atoms with Crippen LogP contribution in [0.15, 0.2) is 54.6 Å². The zero-order valence-electron chi connectivity index (χ0n) is 16.0. The molecular formula is C22H23ClN2O4. The second kappa shape index (κ2) is 10.1. The van der Waals surface area contributed by atoms with E-state index in [1.807, 2.05) is 48.5 Å². The van der Waals surface area contributed by atoms with Crippen molar-refractivity contribution in [2.45, 2.75) is 19.4 Å². The Hall–Kier alpha value is -2.86. The van der Waals surface area contributed by atoms with Crippen molar-refractivity contribution in [2.75, 3.05) is 19.7 Å². The molecule has 0 unspecified atom stereocenters. The van der Waals surface area contributed by atoms with Crippen molar-refractivity contribution in [1.82, 2.24) is 10.2 Å². The summed E-state index contributed by atoms with van der Waals surface area (Å²) in [4.78, 5) is 37.9. The van der Waals surface area contributed by atoms with Crippen LogP contribution in [0.25, 0.3) is 0 Å². The van der Waals surface area contributed by atoms with Gasteiger partial charge in [-0.2, -0.15) is 0 Å². The SMILES string of the molecule is O=C(COC(=O)[C@@H]1CC(=O)N(Cc2ccccc2Cl)C1)NCCc1ccccc1. The van der Waals surface area contributed by atoms with Crippen LogP contribution in [-0.4, -0.2) is 42.4 Å². The van der Waals surface area contributed by atoms with Crippen molar-refractivity contribution in [3.05, 3.63) is 70.7 Å². The first-order valence-electron chi connectivity index (χ1n) is 9.51. The zero-order valence-corrected chi connectivity index (χ0v) is 16.7. The number of carbonyl (C=O) groups is 3. The number of likely N-dealkylation sites (tertiary alicyclic amines) is 1. The van der Waals surface area contributed by atoms with Crippen LogP contribution in [-0.2, 0) is 32.1 Å². The Labute approximate surface area is 174 Å². The number of ether oxygens (including phenoxy) is 1. The summed E-state index contributed by atoms with van der Waals surface area (Å²) in [5, 5.41) is 3.31. The van der Waals surface area contributed by atoms with Crippen LogP contribution in [0, 0.1) is 5.92 Å². The highest BCUT2D eigenvalue weighted by atomic mass is 35.5. The first-order chi connectivity index (χ1) is 14.0. The van der Waals surface area contributed by atoms with Crippen molar-refractivity contribution >= 4 is 29.4 Å². The van der Waals surface area contributed by atoms with E-state index >= 15 is 0 Å². The number of esters is 1. The van der Waals surface area contributed by atoms with E-state index in [9.17, 15) is 14.4 Å². The van der Waals surface area contributed by atoms with Crippen molar-refractivity contribution in [3.63, 3.8) is 0 Å². The van der Waals surface area contributed by atoms with E-state index < -0.39 is 11.9 Å². The minimum Gasteiger partial charge on any atom is -0.455 e. The molecule has 2 amide bonds. The molecule has 152 valence electrons. The maximum atomic E-state index is 12.2. The quantitative estimate of drug-likeness (QED) is 0.674. The molecule has 3 rings (SSSR count). The number of hydrogen-bond acceptors (Lipinski definition) is 4. The predicted octanol–water partition coefficient (Wildman–Crippen LogP) is 2.59. The van der Waals surface area contributed by atoms with Gasteiger partial charge in [0.05, 0.1) is 5.92 Å². The molecule has 7 heteroatoms. The number of halogens is 1. The molecular weight excluding hydrogens is 392 g/mol. The molecule has 1 atom stereocenters. The third-order valence-electron chi connectivity index (χ3n) is 4.79. The molecule has 0 radical (unpaired) electrons. The Morgan fingerprint density at radius 1 is 1.10 bits per heavy atom. The Balaban J connectivity index is 1.40. The van der Waals surface area contributed by atoms with E-state index in [1.54, 1.807) is 11.0 Å². The van der Waals surface area contributed by atoms with Gasteiger partial charge in [0.1, 0.15) is 0 Å². The maximum Gasteiger partial charge on any atom is 0.311 e. The van der Waals surface area contributed by atoms with E-state index in [0.29, 0.717) is 24.5 Å². The highest BCUT2D eigenvalue weighted by Gasteiger charge is 2.35. The third kappa shape index (κ3) is 6.06. The zero-order chi connectivity index (χ0) is 20.6. The van der Waals surface area contributed by atoms with Crippen LogP contribution in [0.5, 0.6) is 0 Å². The molecule has 0 bridgehead atoms. The lowest BCUT2D eigenvalue weighted by molar-refractivity contribution is -0.152. The molecule has 1 fully saturated rings. The number of carbonyl (C=O) groups excluding carboxylic acids is 3. The smallest absolute Gasteiger partial charge is 0.311 e. The summed E-state index contributed by atoms with van der Waals surface area (Å²) in [6.45, 7) is 0.734. The van der Waals surface area contributed by atoms with Gasteiger partial charge in [-0.15, -0.1) is 0 Å². The van der Waals surface area contributed by atoms with E-state index in [0.717, 1.165) is 11.1 Å². The highest BCUT2D eigenvalue weighted by Crippen LogP contribution is 2.24. The molecule has 1 aliphatic heterocycles. The lowest BCUT2D eigenvalue weighted by atomic mass is 10.1. The van der Waals surface area contributed by atoms with Crippen LogP contribution in [0.3, 0.4) is 0 Å². The fraction of sp³-hybridized carbons (Fsp3) is 0.318. The van der Waals surface area contributed by atoms with Gasteiger partial charge in [-0.25, -0.2) is 0 Å². The molecule has 0 saturated carbocycles. The maximum absolute atomic E-state index is 12.2. The third-order valence-corrected chi connectivity index (χ3v) is 5.16. The average molecular weight is 415 g/mol. The van der Waals surface area contributed by atoms with Crippen LogP contribution >= 0.6 is 11.6 Å². The van der Waals surface area contributed by atoms with E-state index in [-0.39, 0.29) is 31.4 Å². The molecule has 2 aromatic carbocycles. The summed E-state index contributed by atoms with van der Waals surface area (Å²) in [7, 11) is 0. The van der Waals surface area contributed by atoms with E-state index in [1.165, 1.54) is 0 Å². The lowest BCUT2D eigenvalue weighted by Crippen LogP contribution is -2.32. The fourth-order valence-corrected chi connectivity index (χ4v) is 3.41. The van der Waals surface area contributed by atoms with Crippen LogP contribution in [0.1, 0.15) is 17.5 Å². The second-order valence-corrected chi connectivity index (χ2v) is 7.37. The topological polar surface area (TPSA) is 75.7 Å². The fourth-order valence-electron chi connectivity index (χ4n) is 3.21. The summed E-state index contributed by atoms with van der Waals surface area (Å²) < 4.78 is 5.11. The molecule has 2 aromatic rings. The summed E-state index contributed by atoms with van der Waals surface area (Å²) >= 11 is 6.14. The Kier molecular flexibility index (Phi) is 7.25. The van der Waals surface area contributed by atoms with E-state index in [2.05, 4.69) is 5.32 Å². The summed E-state index contributed by atoms with van der Waals surface area (Å²) in [6.07, 6.45) is 0.785. The van der Waals surface area contributed by atoms with Crippen LogP contribution in [0.2, 0.25) is 5.02 Å². The van der Waals surface area contributed by atoms with Gasteiger partial charge in [0.2, 0.25) is 5.91 Å². The van der Waals surface area contributed by atoms with Crippen molar-refractivity contribution in [3.8, 4) is 0 Å². The molecule has 1 heterocycles. The van der Waals surface area contributed by atoms with Gasteiger partial charge >= 0.3 is 5.97 Å². The number of nitrogens with zero attached hydrogens (tertiary/aromatic N) is 1. The van der Waals surface area contributed by atoms with Gasteiger partial charge < -0.3 is 15.0 Å². The number of amides is 2. The summed E-state index contributed by atoms with van der Waals surface area (Å²) in [5.41, 5.74) is 1.95. The van der Waals surface area contributed by atoms with Crippen molar-refractivity contribution in [2.24, 2.45) is 5.92 Å². The minimum atomic E-state index is -0.567. The Morgan fingerprint density at radius 3 is 2.59 bits per heavy atom. The first kappa shape index (κ1) is 20.9. The van der Waals surface area contributed by atoms with Gasteiger partial charge in [0.25, 0.3) is 5.91 Å². The number of hydrogen-bond donors (Lipinski definition) is 1. The standard InChI is InChI=1S/C22H23ClN2O4/c23-19-9-5-4-8-17(19)13-25-14-18(12-21(25)27)22(28)29-15-20(26)24-11-10-16-6-2-1-3-7-16/h1-9,18H,10-15H2,(H,24,26)/t18-/m1/s1. The molecule has 6 nitrogen and oxygen atoms in total. The van der Waals surface area contributed by atoms with Gasteiger partial charge in [-0.1, -0.05) is 60.1 Å². The molecule has 0 spiro atoms. The minimum absolute atomic E-state index is 0.0823. The summed E-state index contributed by atoms with van der Waals surface area (Å²) in [6, 6.07) is 17.1. The highest BCUT2D eigenvalue weighted by molar-refractivity contribution is 6.31. The van der Waals surface area contributed by atoms with Gasteiger partial charge in [0.15, 0.2) is 6.61 Å². The predicted molar refractivity (Wildman–Crippen MR) is 109 cm³/mol. The van der Waals surface area contributed by atoms with Gasteiger partial charge in [0, 0.05) is 31.1 Å². The molecule has 0 aromatic heterocycles. The number of rotatable bonds is 8. The summed E-state index contributed by atoms with van der Waals surface area (Å²) in [5.74, 6) is -1.58. The number of nitrogens with one attached hydrogen (secondary N) is 1. The molecule has 1 saturated heterocycles. The Morgan fingerprint density at radius 2 is 1.83 bits per heavy atom. The number of benzene rings is 2. The normalized spacial score (nSPS) is 16.0. The largest absolute Gasteiger partial charge is 0.455 e. The Bertz CT molecular complexity index is 872. The molecule has 29 heavy (non-hydrogen) atoms. The first-order valence-corrected chi connectivity index (χ1v) is 9.89. The molecule has 1 aliphatic rings. The van der Waals surface area contributed by atoms with Crippen LogP contribution in [0.4, 0.5) is 0 Å².